The number of imide groups is 1. The van der Waals surface area contributed by atoms with Crippen molar-refractivity contribution in [2.24, 2.45) is 0 Å². The molecule has 0 unspecified atom stereocenters. The molecule has 3 heterocycles. The molecular formula is C21H26N4O4. The summed E-state index contributed by atoms with van der Waals surface area (Å²) in [5, 5.41) is 3.33. The number of amides is 4. The van der Waals surface area contributed by atoms with Gasteiger partial charge in [-0.05, 0) is 45.4 Å². The van der Waals surface area contributed by atoms with Crippen LogP contribution in [-0.4, -0.2) is 52.7 Å². The van der Waals surface area contributed by atoms with Gasteiger partial charge in [-0.15, -0.1) is 0 Å². The molecule has 0 saturated carbocycles. The quantitative estimate of drug-likeness (QED) is 0.842. The van der Waals surface area contributed by atoms with Crippen molar-refractivity contribution in [3.05, 3.63) is 30.5 Å². The third-order valence-electron chi connectivity index (χ3n) is 5.29. The molecule has 1 aromatic heterocycles. The van der Waals surface area contributed by atoms with E-state index in [1.807, 2.05) is 51.2 Å². The highest BCUT2D eigenvalue weighted by Gasteiger charge is 2.32. The molecule has 4 amide bonds. The van der Waals surface area contributed by atoms with Crippen molar-refractivity contribution >= 4 is 34.6 Å². The molecule has 154 valence electrons. The molecule has 2 fully saturated rings. The van der Waals surface area contributed by atoms with Gasteiger partial charge < -0.3 is 14.2 Å². The molecule has 8 heteroatoms. The van der Waals surface area contributed by atoms with Crippen LogP contribution in [0, 0.1) is 0 Å². The van der Waals surface area contributed by atoms with E-state index in [0.29, 0.717) is 19.6 Å². The number of hydrogen-bond donors (Lipinski definition) is 1. The van der Waals surface area contributed by atoms with Crippen LogP contribution in [-0.2, 0) is 9.53 Å². The third kappa shape index (κ3) is 3.79. The molecule has 1 atom stereocenters. The van der Waals surface area contributed by atoms with Crippen LogP contribution in [0.1, 0.15) is 39.7 Å². The lowest BCUT2D eigenvalue weighted by molar-refractivity contribution is -0.120. The van der Waals surface area contributed by atoms with Crippen LogP contribution in [0.4, 0.5) is 15.3 Å². The number of anilines is 1. The second-order valence-electron chi connectivity index (χ2n) is 8.56. The molecule has 2 aromatic rings. The maximum atomic E-state index is 12.4. The van der Waals surface area contributed by atoms with E-state index in [0.717, 1.165) is 23.0 Å². The third-order valence-corrected chi connectivity index (χ3v) is 5.29. The van der Waals surface area contributed by atoms with E-state index in [4.69, 9.17) is 4.74 Å². The average molecular weight is 398 g/mol. The highest BCUT2D eigenvalue weighted by molar-refractivity contribution is 6.09. The topological polar surface area (TPSA) is 83.9 Å². The lowest BCUT2D eigenvalue weighted by Crippen LogP contribution is -2.49. The largest absolute Gasteiger partial charge is 0.444 e. The number of ether oxygens (including phenoxy) is 1. The van der Waals surface area contributed by atoms with E-state index >= 15 is 0 Å². The summed E-state index contributed by atoms with van der Waals surface area (Å²) in [4.78, 5) is 39.5. The first-order valence-electron chi connectivity index (χ1n) is 9.92. The number of hydrogen-bond acceptors (Lipinski definition) is 4. The van der Waals surface area contributed by atoms with Crippen molar-refractivity contribution < 1.29 is 19.1 Å². The summed E-state index contributed by atoms with van der Waals surface area (Å²) in [5.74, 6) is -0.246. The number of benzene rings is 1. The van der Waals surface area contributed by atoms with E-state index in [2.05, 4.69) is 9.88 Å². The van der Waals surface area contributed by atoms with Crippen LogP contribution >= 0.6 is 0 Å². The molecule has 0 spiro atoms. The van der Waals surface area contributed by atoms with Crippen LogP contribution in [0.2, 0.25) is 0 Å². The van der Waals surface area contributed by atoms with Crippen LogP contribution in [0.25, 0.3) is 10.9 Å². The summed E-state index contributed by atoms with van der Waals surface area (Å²) >= 11 is 0. The molecule has 1 N–H and O–H groups in total. The van der Waals surface area contributed by atoms with Crippen LogP contribution < -0.4 is 10.2 Å². The van der Waals surface area contributed by atoms with Crippen LogP contribution in [0.3, 0.4) is 0 Å². The van der Waals surface area contributed by atoms with Gasteiger partial charge in [0.05, 0.1) is 17.2 Å². The summed E-state index contributed by atoms with van der Waals surface area (Å²) < 4.78 is 7.66. The molecule has 2 saturated heterocycles. The van der Waals surface area contributed by atoms with Crippen molar-refractivity contribution in [1.82, 2.24) is 14.8 Å². The highest BCUT2D eigenvalue weighted by Crippen LogP contribution is 2.33. The maximum Gasteiger partial charge on any atom is 0.410 e. The number of urea groups is 1. The molecule has 1 aromatic carbocycles. The zero-order valence-electron chi connectivity index (χ0n) is 17.0. The number of carbonyl (C=O) groups is 3. The molecule has 2 aliphatic heterocycles. The molecule has 0 bridgehead atoms. The fourth-order valence-corrected chi connectivity index (χ4v) is 3.98. The number of nitrogens with zero attached hydrogens (tertiary/aromatic N) is 3. The Morgan fingerprint density at radius 2 is 1.97 bits per heavy atom. The van der Waals surface area contributed by atoms with E-state index in [1.165, 1.54) is 0 Å². The Bertz CT molecular complexity index is 975. The zero-order valence-corrected chi connectivity index (χ0v) is 17.0. The van der Waals surface area contributed by atoms with Crippen molar-refractivity contribution in [2.45, 2.75) is 45.3 Å². The minimum absolute atomic E-state index is 0.145. The second kappa shape index (κ2) is 7.09. The zero-order chi connectivity index (χ0) is 20.8. The summed E-state index contributed by atoms with van der Waals surface area (Å²) in [6, 6.07) is 7.57. The maximum absolute atomic E-state index is 12.4. The Balaban J connectivity index is 1.57. The van der Waals surface area contributed by atoms with Gasteiger partial charge >= 0.3 is 12.1 Å². The molecule has 4 rings (SSSR count). The summed E-state index contributed by atoms with van der Waals surface area (Å²) in [5.41, 5.74) is 1.28. The van der Waals surface area contributed by atoms with Crippen LogP contribution in [0.5, 0.6) is 0 Å². The highest BCUT2D eigenvalue weighted by atomic mass is 16.6. The van der Waals surface area contributed by atoms with Crippen molar-refractivity contribution in [3.63, 3.8) is 0 Å². The normalized spacial score (nSPS) is 20.3. The number of nitrogens with one attached hydrogen (secondary N) is 1. The van der Waals surface area contributed by atoms with Gasteiger partial charge in [0, 0.05) is 37.6 Å². The first-order chi connectivity index (χ1) is 13.7. The van der Waals surface area contributed by atoms with Gasteiger partial charge in [0.2, 0.25) is 5.91 Å². The fourth-order valence-electron chi connectivity index (χ4n) is 3.98. The van der Waals surface area contributed by atoms with E-state index in [1.54, 1.807) is 9.80 Å². The second-order valence-corrected chi connectivity index (χ2v) is 8.56. The summed E-state index contributed by atoms with van der Waals surface area (Å²) in [6.45, 7) is 7.19. The van der Waals surface area contributed by atoms with Gasteiger partial charge in [0.25, 0.3) is 0 Å². The minimum atomic E-state index is -0.513. The van der Waals surface area contributed by atoms with Gasteiger partial charge in [-0.1, -0.05) is 6.07 Å². The Labute approximate surface area is 169 Å². The fraction of sp³-hybridized carbons (Fsp3) is 0.476. The first-order valence-corrected chi connectivity index (χ1v) is 9.92. The number of carbonyl (C=O) groups excluding carboxylic acids is 3. The minimum Gasteiger partial charge on any atom is -0.444 e. The van der Waals surface area contributed by atoms with Crippen molar-refractivity contribution in [3.8, 4) is 0 Å². The number of fused-ring (bicyclic) bond motifs is 1. The van der Waals surface area contributed by atoms with Gasteiger partial charge in [0.1, 0.15) is 5.60 Å². The summed E-state index contributed by atoms with van der Waals surface area (Å²) in [6.07, 6.45) is 2.85. The van der Waals surface area contributed by atoms with Gasteiger partial charge in [-0.25, -0.2) is 9.59 Å². The van der Waals surface area contributed by atoms with Crippen LogP contribution in [0.15, 0.2) is 30.5 Å². The first kappa shape index (κ1) is 19.3. The van der Waals surface area contributed by atoms with Gasteiger partial charge in [0.15, 0.2) is 0 Å². The monoisotopic (exact) mass is 398 g/mol. The Morgan fingerprint density at radius 3 is 2.69 bits per heavy atom. The predicted octanol–water partition coefficient (Wildman–Crippen LogP) is 3.27. The number of rotatable bonds is 2. The molecule has 29 heavy (non-hydrogen) atoms. The Kier molecular flexibility index (Phi) is 4.72. The van der Waals surface area contributed by atoms with E-state index < -0.39 is 11.6 Å². The summed E-state index contributed by atoms with van der Waals surface area (Å²) in [7, 11) is 0. The number of likely N-dealkylation sites (tertiary alicyclic amines) is 1. The Morgan fingerprint density at radius 1 is 1.17 bits per heavy atom. The molecular weight excluding hydrogens is 372 g/mol. The van der Waals surface area contributed by atoms with E-state index in [-0.39, 0.29) is 24.5 Å². The van der Waals surface area contributed by atoms with Gasteiger partial charge in [-0.2, -0.15) is 0 Å². The smallest absolute Gasteiger partial charge is 0.410 e. The van der Waals surface area contributed by atoms with Crippen molar-refractivity contribution in [2.75, 3.05) is 24.5 Å². The lowest BCUT2D eigenvalue weighted by atomic mass is 10.1. The molecule has 0 radical (unpaired) electrons. The Hall–Kier alpha value is -3.03. The average Bonchev–Trinajstić information content (AvgIpc) is 3.27. The van der Waals surface area contributed by atoms with Crippen molar-refractivity contribution in [1.29, 1.82) is 0 Å². The lowest BCUT2D eigenvalue weighted by Gasteiger charge is -2.27. The molecule has 2 aliphatic rings. The number of aromatic nitrogens is 1. The standard InChI is InChI=1S/C21H26N4O4/c1-21(2,3)29-20(28)23-10-7-14(13-23)24-11-8-15-16(24)5-4-6-17(15)25-12-9-18(26)22-19(25)27/h4-6,8,11,14H,7,9-10,12-13H2,1-3H3,(H,22,26,27)/t14-/m1/s1. The molecule has 8 nitrogen and oxygen atoms in total. The molecule has 0 aliphatic carbocycles. The SMILES string of the molecule is CC(C)(C)OC(=O)N1CC[C@@H](n2ccc3c(N4CCC(=O)NC4=O)cccc32)C1. The van der Waals surface area contributed by atoms with Gasteiger partial charge in [-0.3, -0.25) is 15.0 Å². The van der Waals surface area contributed by atoms with E-state index in [9.17, 15) is 14.4 Å². The predicted molar refractivity (Wildman–Crippen MR) is 109 cm³/mol.